The molecule has 0 bridgehead atoms. The van der Waals surface area contributed by atoms with Gasteiger partial charge in [-0.3, -0.25) is 0 Å². The normalized spacial score (nSPS) is 18.0. The number of hydrogen-bond donors (Lipinski definition) is 3. The van der Waals surface area contributed by atoms with Gasteiger partial charge in [-0.15, -0.1) is 0 Å². The molecule has 0 unspecified atom stereocenters. The Hall–Kier alpha value is -2.05. The minimum atomic E-state index is -0.697. The van der Waals surface area contributed by atoms with Crippen LogP contribution in [-0.4, -0.2) is 30.3 Å². The average Bonchev–Trinajstić information content (AvgIpc) is 2.47. The number of halogens is 1. The van der Waals surface area contributed by atoms with Crippen LogP contribution in [-0.2, 0) is 9.53 Å². The number of benzene rings is 1. The highest BCUT2D eigenvalue weighted by molar-refractivity contribution is 6.30. The Kier molecular flexibility index (Phi) is 4.82. The molecule has 3 N–H and O–H groups in total. The first kappa shape index (κ1) is 15.3. The third-order valence-corrected chi connectivity index (χ3v) is 3.26. The largest absolute Gasteiger partial charge is 0.463 e. The van der Waals surface area contributed by atoms with Crippen molar-refractivity contribution in [3.8, 4) is 0 Å². The first-order valence-corrected chi connectivity index (χ1v) is 6.78. The number of aliphatic hydroxyl groups is 1. The van der Waals surface area contributed by atoms with E-state index in [1.165, 1.54) is 0 Å². The van der Waals surface area contributed by atoms with Crippen LogP contribution in [0.5, 0.6) is 0 Å². The molecule has 7 heteroatoms. The van der Waals surface area contributed by atoms with Gasteiger partial charge in [0.25, 0.3) is 0 Å². The van der Waals surface area contributed by atoms with E-state index in [-0.39, 0.29) is 17.9 Å². The summed E-state index contributed by atoms with van der Waals surface area (Å²) in [7, 11) is 0. The van der Waals surface area contributed by atoms with E-state index in [1.807, 2.05) is 0 Å². The molecule has 2 rings (SSSR count). The smallest absolute Gasteiger partial charge is 0.338 e. The van der Waals surface area contributed by atoms with Crippen molar-refractivity contribution in [2.24, 2.45) is 0 Å². The molecule has 1 atom stereocenters. The molecule has 0 saturated heterocycles. The standard InChI is InChI=1S/C14H15ClN2O4/c1-2-21-13(19)11-10(7-18)16-14(20)17-12(11)8-3-5-9(15)6-4-8/h3-6,12,18H,2,7H2,1H3,(H2,16,17,20)/t12-/m0/s1. The Morgan fingerprint density at radius 3 is 2.62 bits per heavy atom. The monoisotopic (exact) mass is 310 g/mol. The summed E-state index contributed by atoms with van der Waals surface area (Å²) in [5.74, 6) is -0.589. The summed E-state index contributed by atoms with van der Waals surface area (Å²) in [4.78, 5) is 23.8. The first-order chi connectivity index (χ1) is 10.1. The number of hydrogen-bond acceptors (Lipinski definition) is 4. The SMILES string of the molecule is CCOC(=O)C1=C(CO)NC(=O)N[C@H]1c1ccc(Cl)cc1. The molecule has 1 aromatic rings. The quantitative estimate of drug-likeness (QED) is 0.736. The molecule has 0 aliphatic carbocycles. The highest BCUT2D eigenvalue weighted by Gasteiger charge is 2.33. The van der Waals surface area contributed by atoms with Gasteiger partial charge >= 0.3 is 12.0 Å². The van der Waals surface area contributed by atoms with Gasteiger partial charge in [0.05, 0.1) is 30.5 Å². The molecule has 0 spiro atoms. The second-order valence-corrected chi connectivity index (χ2v) is 4.79. The average molecular weight is 311 g/mol. The number of ether oxygens (including phenoxy) is 1. The van der Waals surface area contributed by atoms with Gasteiger partial charge < -0.3 is 20.5 Å². The minimum absolute atomic E-state index is 0.136. The van der Waals surface area contributed by atoms with Gasteiger partial charge in [0.15, 0.2) is 0 Å². The van der Waals surface area contributed by atoms with Gasteiger partial charge in [-0.25, -0.2) is 9.59 Å². The molecular weight excluding hydrogens is 296 g/mol. The van der Waals surface area contributed by atoms with Crippen LogP contribution in [0.3, 0.4) is 0 Å². The van der Waals surface area contributed by atoms with Crippen LogP contribution in [0.1, 0.15) is 18.5 Å². The maximum absolute atomic E-state index is 12.1. The van der Waals surface area contributed by atoms with Gasteiger partial charge in [-0.1, -0.05) is 23.7 Å². The maximum Gasteiger partial charge on any atom is 0.338 e. The highest BCUT2D eigenvalue weighted by Crippen LogP contribution is 2.28. The zero-order valence-corrected chi connectivity index (χ0v) is 12.1. The molecule has 21 heavy (non-hydrogen) atoms. The van der Waals surface area contributed by atoms with Crippen molar-refractivity contribution in [3.63, 3.8) is 0 Å². The summed E-state index contributed by atoms with van der Waals surface area (Å²) >= 11 is 5.84. The fourth-order valence-corrected chi connectivity index (χ4v) is 2.22. The maximum atomic E-state index is 12.1. The number of carbonyl (C=O) groups is 2. The Balaban J connectivity index is 2.46. The fourth-order valence-electron chi connectivity index (χ4n) is 2.10. The molecule has 1 aliphatic heterocycles. The molecule has 0 aromatic heterocycles. The van der Waals surface area contributed by atoms with Crippen LogP contribution >= 0.6 is 11.6 Å². The summed E-state index contributed by atoms with van der Waals surface area (Å²) in [6.07, 6.45) is 0. The number of nitrogens with one attached hydrogen (secondary N) is 2. The Labute approximate surface area is 126 Å². The predicted octanol–water partition coefficient (Wildman–Crippen LogP) is 1.50. The van der Waals surface area contributed by atoms with Crippen LogP contribution in [0.15, 0.2) is 35.5 Å². The molecule has 0 radical (unpaired) electrons. The van der Waals surface area contributed by atoms with Gasteiger partial charge in [-0.2, -0.15) is 0 Å². The van der Waals surface area contributed by atoms with E-state index in [4.69, 9.17) is 16.3 Å². The molecule has 1 aliphatic rings. The van der Waals surface area contributed by atoms with Crippen molar-refractivity contribution >= 4 is 23.6 Å². The number of urea groups is 1. The van der Waals surface area contributed by atoms with Crippen molar-refractivity contribution < 1.29 is 19.4 Å². The topological polar surface area (TPSA) is 87.7 Å². The van der Waals surface area contributed by atoms with Crippen molar-refractivity contribution in [3.05, 3.63) is 46.1 Å². The lowest BCUT2D eigenvalue weighted by atomic mass is 9.95. The van der Waals surface area contributed by atoms with Crippen molar-refractivity contribution in [2.75, 3.05) is 13.2 Å². The fraction of sp³-hybridized carbons (Fsp3) is 0.286. The number of aliphatic hydroxyl groups excluding tert-OH is 1. The van der Waals surface area contributed by atoms with Crippen LogP contribution in [0, 0.1) is 0 Å². The predicted molar refractivity (Wildman–Crippen MR) is 76.6 cm³/mol. The van der Waals surface area contributed by atoms with Gasteiger partial charge in [0, 0.05) is 5.02 Å². The zero-order valence-electron chi connectivity index (χ0n) is 11.4. The van der Waals surface area contributed by atoms with Crippen molar-refractivity contribution in [1.82, 2.24) is 10.6 Å². The highest BCUT2D eigenvalue weighted by atomic mass is 35.5. The van der Waals surface area contributed by atoms with Gasteiger partial charge in [0.2, 0.25) is 0 Å². The Morgan fingerprint density at radius 2 is 2.05 bits per heavy atom. The third-order valence-electron chi connectivity index (χ3n) is 3.01. The number of esters is 1. The molecule has 1 aromatic carbocycles. The second-order valence-electron chi connectivity index (χ2n) is 4.35. The summed E-state index contributed by atoms with van der Waals surface area (Å²) in [6.45, 7) is 1.41. The van der Waals surface area contributed by atoms with E-state index in [0.29, 0.717) is 10.6 Å². The Morgan fingerprint density at radius 1 is 1.38 bits per heavy atom. The van der Waals surface area contributed by atoms with E-state index in [1.54, 1.807) is 31.2 Å². The zero-order chi connectivity index (χ0) is 15.4. The lowest BCUT2D eigenvalue weighted by molar-refractivity contribution is -0.139. The van der Waals surface area contributed by atoms with E-state index in [9.17, 15) is 14.7 Å². The van der Waals surface area contributed by atoms with Crippen molar-refractivity contribution in [2.45, 2.75) is 13.0 Å². The second kappa shape index (κ2) is 6.60. The third kappa shape index (κ3) is 3.34. The molecule has 2 amide bonds. The summed E-state index contributed by atoms with van der Waals surface area (Å²) < 4.78 is 5.00. The molecule has 6 nitrogen and oxygen atoms in total. The van der Waals surface area contributed by atoms with Crippen LogP contribution < -0.4 is 10.6 Å². The van der Waals surface area contributed by atoms with E-state index in [0.717, 1.165) is 0 Å². The van der Waals surface area contributed by atoms with Crippen LogP contribution in [0.25, 0.3) is 0 Å². The molecule has 0 fully saturated rings. The molecule has 1 heterocycles. The molecule has 0 saturated carbocycles. The Bertz CT molecular complexity index is 583. The lowest BCUT2D eigenvalue weighted by Crippen LogP contribution is -2.46. The lowest BCUT2D eigenvalue weighted by Gasteiger charge is -2.28. The van der Waals surface area contributed by atoms with E-state index < -0.39 is 24.6 Å². The summed E-state index contributed by atoms with van der Waals surface area (Å²) in [6, 6.07) is 5.53. The minimum Gasteiger partial charge on any atom is -0.463 e. The van der Waals surface area contributed by atoms with Gasteiger partial charge in [-0.05, 0) is 24.6 Å². The number of carbonyl (C=O) groups excluding carboxylic acids is 2. The van der Waals surface area contributed by atoms with Crippen molar-refractivity contribution in [1.29, 1.82) is 0 Å². The van der Waals surface area contributed by atoms with Crippen LogP contribution in [0.4, 0.5) is 4.79 Å². The van der Waals surface area contributed by atoms with Gasteiger partial charge in [0.1, 0.15) is 0 Å². The summed E-state index contributed by atoms with van der Waals surface area (Å²) in [5, 5.41) is 15.0. The number of rotatable bonds is 4. The van der Waals surface area contributed by atoms with E-state index >= 15 is 0 Å². The van der Waals surface area contributed by atoms with Crippen LogP contribution in [0.2, 0.25) is 5.02 Å². The molecule has 112 valence electrons. The number of amides is 2. The van der Waals surface area contributed by atoms with E-state index in [2.05, 4.69) is 10.6 Å². The summed E-state index contributed by atoms with van der Waals surface area (Å²) in [5.41, 5.74) is 0.988. The first-order valence-electron chi connectivity index (χ1n) is 6.40. The molecular formula is C14H15ClN2O4.